The van der Waals surface area contributed by atoms with E-state index in [2.05, 4.69) is 28.2 Å². The predicted molar refractivity (Wildman–Crippen MR) is 93.3 cm³/mol. The molecule has 0 atom stereocenters. The van der Waals surface area contributed by atoms with Crippen LogP contribution in [0.5, 0.6) is 5.75 Å². The quantitative estimate of drug-likeness (QED) is 0.718. The summed E-state index contributed by atoms with van der Waals surface area (Å²) in [4.78, 5) is 12.0. The number of para-hydroxylation sites is 1. The van der Waals surface area contributed by atoms with Crippen LogP contribution in [0.2, 0.25) is 0 Å². The Morgan fingerprint density at radius 2 is 1.86 bits per heavy atom. The summed E-state index contributed by atoms with van der Waals surface area (Å²) >= 11 is 3.38. The topological polar surface area (TPSA) is 38.3 Å². The van der Waals surface area contributed by atoms with Crippen LogP contribution < -0.4 is 10.1 Å². The van der Waals surface area contributed by atoms with Crippen LogP contribution in [0.15, 0.2) is 53.0 Å². The molecular weight excluding hydrogens is 342 g/mol. The van der Waals surface area contributed by atoms with Crippen LogP contribution in [0.4, 0.5) is 5.69 Å². The van der Waals surface area contributed by atoms with E-state index in [-0.39, 0.29) is 5.91 Å². The molecular formula is C18H20BrNO2. The minimum atomic E-state index is 0.0281. The van der Waals surface area contributed by atoms with E-state index in [4.69, 9.17) is 4.74 Å². The highest BCUT2D eigenvalue weighted by molar-refractivity contribution is 9.10. The van der Waals surface area contributed by atoms with E-state index in [9.17, 15) is 4.79 Å². The Balaban J connectivity index is 1.72. The lowest BCUT2D eigenvalue weighted by Crippen LogP contribution is -2.14. The molecule has 2 rings (SSSR count). The summed E-state index contributed by atoms with van der Waals surface area (Å²) in [6.07, 6.45) is 2.05. The molecule has 0 fully saturated rings. The van der Waals surface area contributed by atoms with Gasteiger partial charge < -0.3 is 10.1 Å². The number of hydrogen-bond donors (Lipinski definition) is 1. The van der Waals surface area contributed by atoms with Gasteiger partial charge in [0.05, 0.1) is 6.61 Å². The van der Waals surface area contributed by atoms with Crippen molar-refractivity contribution in [1.29, 1.82) is 0 Å². The van der Waals surface area contributed by atoms with E-state index in [1.807, 2.05) is 48.5 Å². The zero-order valence-electron chi connectivity index (χ0n) is 12.6. The largest absolute Gasteiger partial charge is 0.494 e. The minimum Gasteiger partial charge on any atom is -0.494 e. The second kappa shape index (κ2) is 8.59. The first-order chi connectivity index (χ1) is 10.7. The van der Waals surface area contributed by atoms with Gasteiger partial charge in [-0.3, -0.25) is 4.79 Å². The first-order valence-electron chi connectivity index (χ1n) is 7.45. The zero-order valence-corrected chi connectivity index (χ0v) is 14.2. The standard InChI is InChI=1S/C18H20BrNO2/c1-2-14-6-3-4-7-17(14)20-18(21)8-5-13-22-16-11-9-15(19)10-12-16/h3-4,6-7,9-12H,2,5,8,13H2,1H3,(H,20,21). The van der Waals surface area contributed by atoms with Crippen LogP contribution >= 0.6 is 15.9 Å². The molecule has 4 heteroatoms. The van der Waals surface area contributed by atoms with Crippen molar-refractivity contribution in [3.8, 4) is 5.75 Å². The van der Waals surface area contributed by atoms with Gasteiger partial charge in [0, 0.05) is 16.6 Å². The molecule has 0 saturated carbocycles. The molecule has 1 amide bonds. The van der Waals surface area contributed by atoms with Crippen LogP contribution in [0.25, 0.3) is 0 Å². The van der Waals surface area contributed by atoms with Crippen molar-refractivity contribution in [3.05, 3.63) is 58.6 Å². The third-order valence-electron chi connectivity index (χ3n) is 3.30. The molecule has 0 aromatic heterocycles. The fourth-order valence-corrected chi connectivity index (χ4v) is 2.38. The first-order valence-corrected chi connectivity index (χ1v) is 8.24. The third-order valence-corrected chi connectivity index (χ3v) is 3.83. The molecule has 0 unspecified atom stereocenters. The van der Waals surface area contributed by atoms with Crippen molar-refractivity contribution in [2.75, 3.05) is 11.9 Å². The monoisotopic (exact) mass is 361 g/mol. The number of benzene rings is 2. The van der Waals surface area contributed by atoms with Crippen LogP contribution in [0.3, 0.4) is 0 Å². The molecule has 0 heterocycles. The van der Waals surface area contributed by atoms with Gasteiger partial charge >= 0.3 is 0 Å². The Kier molecular flexibility index (Phi) is 6.46. The molecule has 22 heavy (non-hydrogen) atoms. The fourth-order valence-electron chi connectivity index (χ4n) is 2.12. The van der Waals surface area contributed by atoms with Crippen LogP contribution in [-0.2, 0) is 11.2 Å². The van der Waals surface area contributed by atoms with Gasteiger partial charge in [-0.05, 0) is 48.7 Å². The third kappa shape index (κ3) is 5.19. The predicted octanol–water partition coefficient (Wildman–Crippen LogP) is 4.81. The number of carbonyl (C=O) groups is 1. The van der Waals surface area contributed by atoms with E-state index in [1.54, 1.807) is 0 Å². The van der Waals surface area contributed by atoms with Crippen molar-refractivity contribution in [2.45, 2.75) is 26.2 Å². The lowest BCUT2D eigenvalue weighted by atomic mass is 10.1. The van der Waals surface area contributed by atoms with E-state index in [0.29, 0.717) is 19.4 Å². The number of hydrogen-bond acceptors (Lipinski definition) is 2. The highest BCUT2D eigenvalue weighted by Crippen LogP contribution is 2.17. The molecule has 0 radical (unpaired) electrons. The van der Waals surface area contributed by atoms with E-state index in [0.717, 1.165) is 27.9 Å². The SMILES string of the molecule is CCc1ccccc1NC(=O)CCCOc1ccc(Br)cc1. The molecule has 0 spiro atoms. The number of amides is 1. The maximum Gasteiger partial charge on any atom is 0.224 e. The Labute approximate surface area is 139 Å². The number of nitrogens with one attached hydrogen (secondary N) is 1. The Hall–Kier alpha value is -1.81. The highest BCUT2D eigenvalue weighted by Gasteiger charge is 2.05. The maximum absolute atomic E-state index is 12.0. The van der Waals surface area contributed by atoms with Gasteiger partial charge in [-0.25, -0.2) is 0 Å². The number of aryl methyl sites for hydroxylation is 1. The van der Waals surface area contributed by atoms with E-state index in [1.165, 1.54) is 0 Å². The number of carbonyl (C=O) groups excluding carboxylic acids is 1. The Bertz CT molecular complexity index is 611. The van der Waals surface area contributed by atoms with Crippen molar-refractivity contribution in [3.63, 3.8) is 0 Å². The number of anilines is 1. The molecule has 0 aliphatic rings. The first kappa shape index (κ1) is 16.6. The molecule has 0 aliphatic heterocycles. The number of rotatable bonds is 7. The summed E-state index contributed by atoms with van der Waals surface area (Å²) in [6, 6.07) is 15.6. The molecule has 1 N–H and O–H groups in total. The normalized spacial score (nSPS) is 10.3. The molecule has 2 aromatic carbocycles. The van der Waals surface area contributed by atoms with Crippen molar-refractivity contribution in [2.24, 2.45) is 0 Å². The second-order valence-corrected chi connectivity index (χ2v) is 5.88. The summed E-state index contributed by atoms with van der Waals surface area (Å²) in [5.41, 5.74) is 2.06. The van der Waals surface area contributed by atoms with Crippen LogP contribution in [-0.4, -0.2) is 12.5 Å². The lowest BCUT2D eigenvalue weighted by molar-refractivity contribution is -0.116. The van der Waals surface area contributed by atoms with Crippen LogP contribution in [0, 0.1) is 0 Å². The van der Waals surface area contributed by atoms with Crippen molar-refractivity contribution >= 4 is 27.5 Å². The smallest absolute Gasteiger partial charge is 0.224 e. The van der Waals surface area contributed by atoms with Gasteiger partial charge in [0.25, 0.3) is 0 Å². The zero-order chi connectivity index (χ0) is 15.8. The molecule has 3 nitrogen and oxygen atoms in total. The average Bonchev–Trinajstić information content (AvgIpc) is 2.54. The van der Waals surface area contributed by atoms with Gasteiger partial charge in [0.1, 0.15) is 5.75 Å². The van der Waals surface area contributed by atoms with E-state index < -0.39 is 0 Å². The van der Waals surface area contributed by atoms with Gasteiger partial charge in [0.15, 0.2) is 0 Å². The minimum absolute atomic E-state index is 0.0281. The average molecular weight is 362 g/mol. The highest BCUT2D eigenvalue weighted by atomic mass is 79.9. The van der Waals surface area contributed by atoms with Gasteiger partial charge in [-0.2, -0.15) is 0 Å². The molecule has 0 saturated heterocycles. The van der Waals surface area contributed by atoms with E-state index >= 15 is 0 Å². The molecule has 2 aromatic rings. The van der Waals surface area contributed by atoms with Gasteiger partial charge in [-0.1, -0.05) is 41.1 Å². The number of halogens is 1. The molecule has 116 valence electrons. The second-order valence-electron chi connectivity index (χ2n) is 4.96. The summed E-state index contributed by atoms with van der Waals surface area (Å²) in [7, 11) is 0. The summed E-state index contributed by atoms with van der Waals surface area (Å²) < 4.78 is 6.63. The molecule has 0 bridgehead atoms. The van der Waals surface area contributed by atoms with Crippen molar-refractivity contribution < 1.29 is 9.53 Å². The van der Waals surface area contributed by atoms with Gasteiger partial charge in [-0.15, -0.1) is 0 Å². The lowest BCUT2D eigenvalue weighted by Gasteiger charge is -2.10. The summed E-state index contributed by atoms with van der Waals surface area (Å²) in [5, 5.41) is 2.97. The number of ether oxygens (including phenoxy) is 1. The van der Waals surface area contributed by atoms with Crippen molar-refractivity contribution in [1.82, 2.24) is 0 Å². The maximum atomic E-state index is 12.0. The fraction of sp³-hybridized carbons (Fsp3) is 0.278. The Morgan fingerprint density at radius 1 is 1.14 bits per heavy atom. The summed E-state index contributed by atoms with van der Waals surface area (Å²) in [6.45, 7) is 2.61. The summed E-state index contributed by atoms with van der Waals surface area (Å²) in [5.74, 6) is 0.847. The molecule has 0 aliphatic carbocycles. The Morgan fingerprint density at radius 3 is 2.59 bits per heavy atom. The van der Waals surface area contributed by atoms with Gasteiger partial charge in [0.2, 0.25) is 5.91 Å². The van der Waals surface area contributed by atoms with Crippen LogP contribution in [0.1, 0.15) is 25.3 Å².